The van der Waals surface area contributed by atoms with Gasteiger partial charge in [-0.15, -0.1) is 0 Å². The second kappa shape index (κ2) is 8.90. The third-order valence-corrected chi connectivity index (χ3v) is 6.63. The fourth-order valence-corrected chi connectivity index (χ4v) is 4.67. The van der Waals surface area contributed by atoms with E-state index >= 15 is 8.78 Å². The van der Waals surface area contributed by atoms with Crippen molar-refractivity contribution in [3.8, 4) is 11.5 Å². The number of fused-ring (bicyclic) bond motifs is 1. The van der Waals surface area contributed by atoms with Crippen molar-refractivity contribution in [2.45, 2.75) is 5.79 Å². The molecule has 5 rings (SSSR count). The highest BCUT2D eigenvalue weighted by Gasteiger charge is 2.49. The average molecular weight is 599 g/mol. The Morgan fingerprint density at radius 2 is 1.32 bits per heavy atom. The van der Waals surface area contributed by atoms with Gasteiger partial charge in [0.2, 0.25) is 0 Å². The smallest absolute Gasteiger partial charge is 0.311 e. The molecular formula is C24H16Br2F3NO4. The van der Waals surface area contributed by atoms with Gasteiger partial charge < -0.3 is 19.1 Å². The normalized spacial score (nSPS) is 16.6. The molecule has 1 saturated heterocycles. The number of rotatable bonds is 3. The number of amides is 1. The molecule has 2 aliphatic rings. The molecule has 1 amide bonds. The Bertz CT molecular complexity index is 1250. The summed E-state index contributed by atoms with van der Waals surface area (Å²) >= 11 is 6.40. The lowest BCUT2D eigenvalue weighted by Crippen LogP contribution is -2.41. The molecule has 1 fully saturated rings. The van der Waals surface area contributed by atoms with Gasteiger partial charge in [-0.25, -0.2) is 13.2 Å². The molecule has 5 nitrogen and oxygen atoms in total. The van der Waals surface area contributed by atoms with E-state index in [-0.39, 0.29) is 28.2 Å². The number of nitrogens with zero attached hydrogens (tertiary/aromatic N) is 1. The quantitative estimate of drug-likeness (QED) is 0.384. The summed E-state index contributed by atoms with van der Waals surface area (Å²) in [6, 6.07) is 10.5. The lowest BCUT2D eigenvalue weighted by Gasteiger charge is -2.29. The number of morpholine rings is 1. The lowest BCUT2D eigenvalue weighted by molar-refractivity contribution is -0.0515. The maximum absolute atomic E-state index is 15.1. The number of halogens is 5. The standard InChI is InChI=1S/C24H16Br2F3NO4/c25-13-1-3-16(19(28)9-13)24(17-4-2-14(26)10-20(17)29)33-21-11-15(18(27)12-22(21)34-24)23(31)30-5-7-32-8-6-30/h1-4,9-12H,5-8H2. The van der Waals surface area contributed by atoms with Crippen molar-refractivity contribution in [2.24, 2.45) is 0 Å². The predicted molar refractivity (Wildman–Crippen MR) is 123 cm³/mol. The molecule has 0 aromatic heterocycles. The molecule has 0 saturated carbocycles. The Morgan fingerprint density at radius 3 is 1.85 bits per heavy atom. The van der Waals surface area contributed by atoms with Crippen LogP contribution in [0.4, 0.5) is 13.2 Å². The number of hydrogen-bond acceptors (Lipinski definition) is 4. The molecule has 3 aromatic carbocycles. The Hall–Kier alpha value is -2.56. The van der Waals surface area contributed by atoms with Crippen molar-refractivity contribution in [2.75, 3.05) is 26.3 Å². The van der Waals surface area contributed by atoms with E-state index in [1.165, 1.54) is 35.2 Å². The molecule has 2 aliphatic heterocycles. The summed E-state index contributed by atoms with van der Waals surface area (Å²) in [7, 11) is 0. The molecule has 176 valence electrons. The monoisotopic (exact) mass is 597 g/mol. The maximum Gasteiger partial charge on any atom is 0.311 e. The van der Waals surface area contributed by atoms with Crippen molar-refractivity contribution in [1.82, 2.24) is 4.90 Å². The van der Waals surface area contributed by atoms with Gasteiger partial charge in [-0.3, -0.25) is 4.79 Å². The van der Waals surface area contributed by atoms with E-state index in [1.54, 1.807) is 12.1 Å². The van der Waals surface area contributed by atoms with Crippen LogP contribution in [0.2, 0.25) is 0 Å². The number of carbonyl (C=O) groups excluding carboxylic acids is 1. The molecule has 10 heteroatoms. The molecule has 2 heterocycles. The molecular weight excluding hydrogens is 583 g/mol. The maximum atomic E-state index is 15.1. The Morgan fingerprint density at radius 1 is 0.794 bits per heavy atom. The first kappa shape index (κ1) is 23.2. The summed E-state index contributed by atoms with van der Waals surface area (Å²) in [5, 5.41) is 0. The van der Waals surface area contributed by atoms with Gasteiger partial charge in [0.25, 0.3) is 5.91 Å². The van der Waals surface area contributed by atoms with Crippen LogP contribution in [0.3, 0.4) is 0 Å². The van der Waals surface area contributed by atoms with Gasteiger partial charge in [-0.05, 0) is 42.5 Å². The minimum Gasteiger partial charge on any atom is -0.440 e. The summed E-state index contributed by atoms with van der Waals surface area (Å²) in [5.41, 5.74) is -0.461. The van der Waals surface area contributed by atoms with E-state index in [4.69, 9.17) is 14.2 Å². The van der Waals surface area contributed by atoms with Crippen LogP contribution in [0, 0.1) is 17.5 Å². The van der Waals surface area contributed by atoms with Crippen LogP contribution in [0.25, 0.3) is 0 Å². The Balaban J connectivity index is 1.62. The zero-order valence-electron chi connectivity index (χ0n) is 17.4. The van der Waals surface area contributed by atoms with Crippen LogP contribution in [0.5, 0.6) is 11.5 Å². The molecule has 0 atom stereocenters. The molecule has 0 unspecified atom stereocenters. The first-order chi connectivity index (χ1) is 16.3. The molecule has 0 aliphatic carbocycles. The third-order valence-electron chi connectivity index (χ3n) is 5.64. The molecule has 0 bridgehead atoms. The predicted octanol–water partition coefficient (Wildman–Crippen LogP) is 5.77. The van der Waals surface area contributed by atoms with Crippen LogP contribution < -0.4 is 9.47 Å². The van der Waals surface area contributed by atoms with Crippen LogP contribution in [-0.2, 0) is 10.5 Å². The largest absolute Gasteiger partial charge is 0.440 e. The molecule has 0 radical (unpaired) electrons. The van der Waals surface area contributed by atoms with Crippen molar-refractivity contribution in [1.29, 1.82) is 0 Å². The minimum absolute atomic E-state index is 0.0114. The zero-order valence-corrected chi connectivity index (χ0v) is 20.6. The van der Waals surface area contributed by atoms with Crippen molar-refractivity contribution in [3.05, 3.63) is 91.6 Å². The van der Waals surface area contributed by atoms with Crippen LogP contribution in [0.1, 0.15) is 21.5 Å². The highest BCUT2D eigenvalue weighted by Crippen LogP contribution is 2.50. The van der Waals surface area contributed by atoms with Gasteiger partial charge in [0.05, 0.1) is 29.9 Å². The van der Waals surface area contributed by atoms with E-state index in [2.05, 4.69) is 31.9 Å². The van der Waals surface area contributed by atoms with E-state index in [0.29, 0.717) is 35.2 Å². The van der Waals surface area contributed by atoms with Gasteiger partial charge in [0.1, 0.15) is 17.5 Å². The third kappa shape index (κ3) is 3.97. The summed E-state index contributed by atoms with van der Waals surface area (Å²) in [5.74, 6) is -4.99. The minimum atomic E-state index is -2.08. The van der Waals surface area contributed by atoms with Crippen molar-refractivity contribution in [3.63, 3.8) is 0 Å². The summed E-state index contributed by atoms with van der Waals surface area (Å²) in [4.78, 5) is 14.4. The molecule has 3 aromatic rings. The molecule has 0 spiro atoms. The average Bonchev–Trinajstić information content (AvgIpc) is 3.17. The second-order valence-corrected chi connectivity index (χ2v) is 9.58. The Labute approximate surface area is 209 Å². The van der Waals surface area contributed by atoms with Gasteiger partial charge in [0, 0.05) is 28.1 Å². The summed E-state index contributed by atoms with van der Waals surface area (Å²) in [6.45, 7) is 1.36. The van der Waals surface area contributed by atoms with Crippen LogP contribution in [-0.4, -0.2) is 37.1 Å². The van der Waals surface area contributed by atoms with Crippen LogP contribution in [0.15, 0.2) is 57.5 Å². The number of ether oxygens (including phenoxy) is 3. The Kier molecular flexibility index (Phi) is 6.07. The number of hydrogen-bond donors (Lipinski definition) is 0. The number of carbonyl (C=O) groups is 1. The van der Waals surface area contributed by atoms with E-state index in [9.17, 15) is 9.18 Å². The zero-order chi connectivity index (χ0) is 24.0. The summed E-state index contributed by atoms with van der Waals surface area (Å²) < 4.78 is 63.4. The fourth-order valence-electron chi connectivity index (χ4n) is 4.00. The van der Waals surface area contributed by atoms with E-state index < -0.39 is 29.1 Å². The summed E-state index contributed by atoms with van der Waals surface area (Å²) in [6.07, 6.45) is 0. The molecule has 34 heavy (non-hydrogen) atoms. The number of benzene rings is 3. The first-order valence-electron chi connectivity index (χ1n) is 10.3. The second-order valence-electron chi connectivity index (χ2n) is 7.75. The van der Waals surface area contributed by atoms with E-state index in [1.807, 2.05) is 0 Å². The van der Waals surface area contributed by atoms with Crippen molar-refractivity contribution < 1.29 is 32.2 Å². The molecule has 0 N–H and O–H groups in total. The van der Waals surface area contributed by atoms with Gasteiger partial charge in [0.15, 0.2) is 11.5 Å². The van der Waals surface area contributed by atoms with Gasteiger partial charge >= 0.3 is 5.79 Å². The first-order valence-corrected chi connectivity index (χ1v) is 11.9. The van der Waals surface area contributed by atoms with Crippen molar-refractivity contribution >= 4 is 37.8 Å². The SMILES string of the molecule is O=C(c1cc2c(cc1F)OC(c1ccc(Br)cc1F)(c1ccc(Br)cc1F)O2)N1CCOCC1. The van der Waals surface area contributed by atoms with E-state index in [0.717, 1.165) is 6.07 Å². The van der Waals surface area contributed by atoms with Gasteiger partial charge in [-0.2, -0.15) is 0 Å². The van der Waals surface area contributed by atoms with Crippen LogP contribution >= 0.6 is 31.9 Å². The lowest BCUT2D eigenvalue weighted by atomic mass is 9.96. The fraction of sp³-hybridized carbons (Fsp3) is 0.208. The highest BCUT2D eigenvalue weighted by atomic mass is 79.9. The highest BCUT2D eigenvalue weighted by molar-refractivity contribution is 9.10. The van der Waals surface area contributed by atoms with Gasteiger partial charge in [-0.1, -0.05) is 31.9 Å². The topological polar surface area (TPSA) is 48.0 Å².